The first-order valence-corrected chi connectivity index (χ1v) is 8.62. The van der Waals surface area contributed by atoms with Gasteiger partial charge in [-0.1, -0.05) is 6.07 Å². The molecule has 5 heteroatoms. The molecule has 19 heavy (non-hydrogen) atoms. The predicted octanol–water partition coefficient (Wildman–Crippen LogP) is 1.75. The van der Waals surface area contributed by atoms with Crippen LogP contribution in [0.2, 0.25) is 0 Å². The molecule has 0 spiro atoms. The maximum absolute atomic E-state index is 11.3. The molecule has 1 aliphatic carbocycles. The fraction of sp³-hybridized carbons (Fsp3) is 0.571. The number of benzene rings is 1. The molecule has 4 nitrogen and oxygen atoms in total. The van der Waals surface area contributed by atoms with Crippen molar-refractivity contribution in [3.8, 4) is 5.75 Å². The largest absolute Gasteiger partial charge is 0.508 e. The number of hydrogen-bond acceptors (Lipinski definition) is 4. The summed E-state index contributed by atoms with van der Waals surface area (Å²) >= 11 is 0. The van der Waals surface area contributed by atoms with E-state index in [0.29, 0.717) is 6.54 Å². The third-order valence-corrected chi connectivity index (χ3v) is 4.68. The lowest BCUT2D eigenvalue weighted by Gasteiger charge is -2.33. The van der Waals surface area contributed by atoms with E-state index in [1.165, 1.54) is 11.8 Å². The first kappa shape index (κ1) is 14.3. The fourth-order valence-corrected chi connectivity index (χ4v) is 3.30. The van der Waals surface area contributed by atoms with Gasteiger partial charge in [0.05, 0.1) is 5.75 Å². The minimum Gasteiger partial charge on any atom is -0.508 e. The smallest absolute Gasteiger partial charge is 0.148 e. The van der Waals surface area contributed by atoms with Gasteiger partial charge in [-0.15, -0.1) is 0 Å². The van der Waals surface area contributed by atoms with Crippen molar-refractivity contribution >= 4 is 9.84 Å². The lowest BCUT2D eigenvalue weighted by Crippen LogP contribution is -2.31. The summed E-state index contributed by atoms with van der Waals surface area (Å²) in [5.41, 5.74) is 2.41. The minimum atomic E-state index is -2.93. The highest BCUT2D eigenvalue weighted by atomic mass is 32.2. The van der Waals surface area contributed by atoms with Gasteiger partial charge in [-0.2, -0.15) is 0 Å². The molecule has 0 aromatic heterocycles. The number of hydrogen-bond donors (Lipinski definition) is 1. The van der Waals surface area contributed by atoms with Crippen molar-refractivity contribution in [1.82, 2.24) is 4.90 Å². The van der Waals surface area contributed by atoms with E-state index in [1.54, 1.807) is 6.07 Å². The van der Waals surface area contributed by atoms with Gasteiger partial charge in [0, 0.05) is 18.8 Å². The Hall–Kier alpha value is -1.07. The van der Waals surface area contributed by atoms with Crippen LogP contribution in [0.4, 0.5) is 0 Å². The van der Waals surface area contributed by atoms with Gasteiger partial charge in [-0.3, -0.25) is 4.90 Å². The van der Waals surface area contributed by atoms with E-state index in [9.17, 15) is 13.5 Å². The van der Waals surface area contributed by atoms with Crippen molar-refractivity contribution in [2.45, 2.75) is 25.3 Å². The van der Waals surface area contributed by atoms with Crippen molar-refractivity contribution in [3.05, 3.63) is 29.3 Å². The van der Waals surface area contributed by atoms with Gasteiger partial charge in [-0.05, 0) is 49.6 Å². The highest BCUT2D eigenvalue weighted by Gasteiger charge is 2.24. The summed E-state index contributed by atoms with van der Waals surface area (Å²) in [7, 11) is -0.981. The number of fused-ring (bicyclic) bond motifs is 1. The van der Waals surface area contributed by atoms with Crippen LogP contribution in [0, 0.1) is 0 Å². The molecule has 0 aliphatic heterocycles. The molecular formula is C14H21NO3S. The molecule has 0 amide bonds. The predicted molar refractivity (Wildman–Crippen MR) is 76.1 cm³/mol. The Balaban J connectivity index is 2.16. The highest BCUT2D eigenvalue weighted by molar-refractivity contribution is 7.90. The van der Waals surface area contributed by atoms with Crippen LogP contribution in [0.15, 0.2) is 18.2 Å². The van der Waals surface area contributed by atoms with Gasteiger partial charge in [0.2, 0.25) is 0 Å². The number of nitrogens with zero attached hydrogens (tertiary/aromatic N) is 1. The second kappa shape index (κ2) is 5.51. The van der Waals surface area contributed by atoms with Crippen LogP contribution in [-0.4, -0.2) is 44.0 Å². The van der Waals surface area contributed by atoms with Gasteiger partial charge in [0.1, 0.15) is 15.6 Å². The first-order valence-electron chi connectivity index (χ1n) is 6.56. The monoisotopic (exact) mass is 283 g/mol. The minimum absolute atomic E-state index is 0.175. The van der Waals surface area contributed by atoms with Gasteiger partial charge in [0.15, 0.2) is 0 Å². The van der Waals surface area contributed by atoms with E-state index >= 15 is 0 Å². The highest BCUT2D eigenvalue weighted by Crippen LogP contribution is 2.35. The number of phenols is 1. The maximum Gasteiger partial charge on any atom is 0.148 e. The Morgan fingerprint density at radius 2 is 2.16 bits per heavy atom. The molecule has 0 fully saturated rings. The van der Waals surface area contributed by atoms with E-state index in [2.05, 4.69) is 4.90 Å². The molecule has 2 rings (SSSR count). The van der Waals surface area contributed by atoms with Crippen LogP contribution >= 0.6 is 0 Å². The Morgan fingerprint density at radius 3 is 2.84 bits per heavy atom. The normalized spacial score (nSPS) is 19.4. The summed E-state index contributed by atoms with van der Waals surface area (Å²) in [6.07, 6.45) is 4.41. The average Bonchev–Trinajstić information content (AvgIpc) is 2.34. The second-order valence-electron chi connectivity index (χ2n) is 5.40. The molecular weight excluding hydrogens is 262 g/mol. The third kappa shape index (κ3) is 3.70. The lowest BCUT2D eigenvalue weighted by molar-refractivity contribution is 0.233. The molecule has 1 unspecified atom stereocenters. The molecule has 0 bridgehead atoms. The van der Waals surface area contributed by atoms with Gasteiger partial charge in [0.25, 0.3) is 0 Å². The summed E-state index contributed by atoms with van der Waals surface area (Å²) < 4.78 is 22.5. The van der Waals surface area contributed by atoms with Crippen LogP contribution in [-0.2, 0) is 16.3 Å². The Kier molecular flexibility index (Phi) is 4.16. The molecule has 106 valence electrons. The molecule has 1 aromatic rings. The van der Waals surface area contributed by atoms with Crippen LogP contribution in [0.1, 0.15) is 30.0 Å². The number of sulfone groups is 1. The van der Waals surface area contributed by atoms with Crippen LogP contribution in [0.5, 0.6) is 5.75 Å². The van der Waals surface area contributed by atoms with E-state index in [-0.39, 0.29) is 17.5 Å². The quantitative estimate of drug-likeness (QED) is 0.914. The summed E-state index contributed by atoms with van der Waals surface area (Å²) in [5.74, 6) is 0.455. The Bertz CT molecular complexity index is 554. The van der Waals surface area contributed by atoms with Crippen molar-refractivity contribution < 1.29 is 13.5 Å². The summed E-state index contributed by atoms with van der Waals surface area (Å²) in [6.45, 7) is 0.526. The molecule has 0 heterocycles. The Morgan fingerprint density at radius 1 is 1.42 bits per heavy atom. The molecule has 0 radical (unpaired) electrons. The molecule has 1 aliphatic rings. The lowest BCUT2D eigenvalue weighted by atomic mass is 9.87. The SMILES string of the molecule is CN(CCS(C)(=O)=O)C1CCCc2ccc(O)cc21. The summed E-state index contributed by atoms with van der Waals surface area (Å²) in [4.78, 5) is 2.08. The Labute approximate surface area is 115 Å². The van der Waals surface area contributed by atoms with Gasteiger partial charge < -0.3 is 5.11 Å². The topological polar surface area (TPSA) is 57.6 Å². The zero-order valence-corrected chi connectivity index (χ0v) is 12.3. The number of aromatic hydroxyl groups is 1. The van der Waals surface area contributed by atoms with E-state index in [1.807, 2.05) is 19.2 Å². The van der Waals surface area contributed by atoms with Crippen LogP contribution < -0.4 is 0 Å². The fourth-order valence-electron chi connectivity index (χ4n) is 2.69. The summed E-state index contributed by atoms with van der Waals surface area (Å²) in [6, 6.07) is 5.72. The van der Waals surface area contributed by atoms with Gasteiger partial charge >= 0.3 is 0 Å². The molecule has 1 N–H and O–H groups in total. The van der Waals surface area contributed by atoms with Crippen molar-refractivity contribution in [3.63, 3.8) is 0 Å². The van der Waals surface area contributed by atoms with Crippen molar-refractivity contribution in [2.24, 2.45) is 0 Å². The van der Waals surface area contributed by atoms with Gasteiger partial charge in [-0.25, -0.2) is 8.42 Å². The molecule has 1 atom stereocenters. The van der Waals surface area contributed by atoms with E-state index in [0.717, 1.165) is 24.8 Å². The average molecular weight is 283 g/mol. The molecule has 1 aromatic carbocycles. The van der Waals surface area contributed by atoms with Crippen LogP contribution in [0.25, 0.3) is 0 Å². The molecule has 0 saturated heterocycles. The zero-order chi connectivity index (χ0) is 14.0. The van der Waals surface area contributed by atoms with E-state index in [4.69, 9.17) is 0 Å². The van der Waals surface area contributed by atoms with Crippen molar-refractivity contribution in [1.29, 1.82) is 0 Å². The molecule has 0 saturated carbocycles. The summed E-state index contributed by atoms with van der Waals surface area (Å²) in [5, 5.41) is 9.63. The standard InChI is InChI=1S/C14H21NO3S/c1-15(8-9-19(2,17)18)14-5-3-4-11-6-7-12(16)10-13(11)14/h6-7,10,14,16H,3-5,8-9H2,1-2H3. The maximum atomic E-state index is 11.3. The second-order valence-corrected chi connectivity index (χ2v) is 7.66. The van der Waals surface area contributed by atoms with Crippen LogP contribution in [0.3, 0.4) is 0 Å². The number of rotatable bonds is 4. The first-order chi connectivity index (χ1) is 8.87. The number of phenolic OH excluding ortho intramolecular Hbond substituents is 1. The van der Waals surface area contributed by atoms with Crippen molar-refractivity contribution in [2.75, 3.05) is 25.6 Å². The van der Waals surface area contributed by atoms with E-state index < -0.39 is 9.84 Å². The zero-order valence-electron chi connectivity index (χ0n) is 11.5. The third-order valence-electron chi connectivity index (χ3n) is 3.76. The number of aryl methyl sites for hydroxylation is 1.